The summed E-state index contributed by atoms with van der Waals surface area (Å²) in [5.41, 5.74) is 1.37. The molecule has 7 heteroatoms. The molecule has 7 nitrogen and oxygen atoms in total. The predicted molar refractivity (Wildman–Crippen MR) is 99.6 cm³/mol. The van der Waals surface area contributed by atoms with Crippen LogP contribution >= 0.6 is 0 Å². The van der Waals surface area contributed by atoms with E-state index in [1.807, 2.05) is 31.2 Å². The quantitative estimate of drug-likeness (QED) is 0.591. The van der Waals surface area contributed by atoms with Crippen LogP contribution in [-0.2, 0) is 0 Å². The molecule has 3 rings (SSSR count). The van der Waals surface area contributed by atoms with E-state index in [9.17, 15) is 9.90 Å². The minimum absolute atomic E-state index is 0.169. The molecule has 0 bridgehead atoms. The Hall–Kier alpha value is -3.61. The van der Waals surface area contributed by atoms with E-state index in [-0.39, 0.29) is 5.56 Å². The standard InChI is InChI=1S/C19H18N4O3/c1-2-26-16-10-6-5-9-15(16)22-19-20-12-11-17(23-19)21-14-8-4-3-7-13(14)18(24)25/h3-12H,2H2,1H3,(H,24,25)(H2,20,21,22,23). The van der Waals surface area contributed by atoms with Gasteiger partial charge in [0, 0.05) is 6.20 Å². The highest BCUT2D eigenvalue weighted by molar-refractivity contribution is 5.95. The summed E-state index contributed by atoms with van der Waals surface area (Å²) in [7, 11) is 0. The monoisotopic (exact) mass is 350 g/mol. The molecule has 2 aromatic carbocycles. The smallest absolute Gasteiger partial charge is 0.337 e. The van der Waals surface area contributed by atoms with Gasteiger partial charge in [-0.15, -0.1) is 0 Å². The Morgan fingerprint density at radius 2 is 1.77 bits per heavy atom. The Morgan fingerprint density at radius 1 is 1.04 bits per heavy atom. The van der Waals surface area contributed by atoms with Crippen LogP contribution in [0.15, 0.2) is 60.8 Å². The van der Waals surface area contributed by atoms with Crippen molar-refractivity contribution in [2.45, 2.75) is 6.92 Å². The van der Waals surface area contributed by atoms with Crippen molar-refractivity contribution in [2.24, 2.45) is 0 Å². The largest absolute Gasteiger partial charge is 0.492 e. The average molecular weight is 350 g/mol. The van der Waals surface area contributed by atoms with Gasteiger partial charge in [0.1, 0.15) is 11.6 Å². The summed E-state index contributed by atoms with van der Waals surface area (Å²) in [4.78, 5) is 19.9. The number of rotatable bonds is 7. The maximum absolute atomic E-state index is 11.3. The Bertz CT molecular complexity index is 915. The Labute approximate surface area is 150 Å². The first-order valence-electron chi connectivity index (χ1n) is 8.08. The topological polar surface area (TPSA) is 96.4 Å². The van der Waals surface area contributed by atoms with Crippen molar-refractivity contribution in [3.63, 3.8) is 0 Å². The fourth-order valence-corrected chi connectivity index (χ4v) is 2.38. The van der Waals surface area contributed by atoms with E-state index in [1.165, 1.54) is 6.07 Å². The van der Waals surface area contributed by atoms with Crippen LogP contribution in [0, 0.1) is 0 Å². The van der Waals surface area contributed by atoms with Crippen molar-refractivity contribution in [3.05, 3.63) is 66.4 Å². The molecule has 0 aliphatic rings. The van der Waals surface area contributed by atoms with Gasteiger partial charge in [0.2, 0.25) is 5.95 Å². The normalized spacial score (nSPS) is 10.2. The van der Waals surface area contributed by atoms with Crippen LogP contribution in [0.2, 0.25) is 0 Å². The Morgan fingerprint density at radius 3 is 2.54 bits per heavy atom. The molecule has 0 aliphatic heterocycles. The predicted octanol–water partition coefficient (Wildman–Crippen LogP) is 4.06. The highest BCUT2D eigenvalue weighted by Crippen LogP contribution is 2.27. The molecule has 0 saturated heterocycles. The molecule has 132 valence electrons. The van der Waals surface area contributed by atoms with E-state index in [1.54, 1.807) is 30.5 Å². The third kappa shape index (κ3) is 4.07. The van der Waals surface area contributed by atoms with E-state index in [0.717, 1.165) is 5.69 Å². The molecule has 1 aromatic heterocycles. The molecular weight excluding hydrogens is 332 g/mol. The first-order chi connectivity index (χ1) is 12.7. The number of para-hydroxylation sites is 3. The van der Waals surface area contributed by atoms with Crippen LogP contribution in [0.25, 0.3) is 0 Å². The molecule has 0 amide bonds. The summed E-state index contributed by atoms with van der Waals surface area (Å²) in [6, 6.07) is 15.8. The Balaban J connectivity index is 1.83. The molecule has 0 radical (unpaired) electrons. The SMILES string of the molecule is CCOc1ccccc1Nc1nccc(Nc2ccccc2C(=O)O)n1. The highest BCUT2D eigenvalue weighted by Gasteiger charge is 2.10. The second-order valence-electron chi connectivity index (χ2n) is 5.30. The highest BCUT2D eigenvalue weighted by atomic mass is 16.5. The Kier molecular flexibility index (Phi) is 5.28. The lowest BCUT2D eigenvalue weighted by molar-refractivity contribution is 0.0698. The van der Waals surface area contributed by atoms with Gasteiger partial charge in [-0.1, -0.05) is 24.3 Å². The van der Waals surface area contributed by atoms with Crippen molar-refractivity contribution in [3.8, 4) is 5.75 Å². The lowest BCUT2D eigenvalue weighted by atomic mass is 10.2. The van der Waals surface area contributed by atoms with Gasteiger partial charge in [-0.3, -0.25) is 0 Å². The number of aromatic nitrogens is 2. The maximum atomic E-state index is 11.3. The van der Waals surface area contributed by atoms with Gasteiger partial charge in [0.05, 0.1) is 23.5 Å². The van der Waals surface area contributed by atoms with Crippen molar-refractivity contribution < 1.29 is 14.6 Å². The molecule has 0 spiro atoms. The second kappa shape index (κ2) is 7.98. The summed E-state index contributed by atoms with van der Waals surface area (Å²) in [6.07, 6.45) is 1.59. The molecule has 26 heavy (non-hydrogen) atoms. The number of anilines is 4. The van der Waals surface area contributed by atoms with Crippen molar-refractivity contribution in [2.75, 3.05) is 17.2 Å². The van der Waals surface area contributed by atoms with E-state index in [0.29, 0.717) is 29.8 Å². The van der Waals surface area contributed by atoms with Crippen molar-refractivity contribution >= 4 is 29.1 Å². The van der Waals surface area contributed by atoms with Gasteiger partial charge >= 0.3 is 5.97 Å². The number of nitrogens with one attached hydrogen (secondary N) is 2. The molecule has 1 heterocycles. The fraction of sp³-hybridized carbons (Fsp3) is 0.105. The molecule has 3 aromatic rings. The number of benzene rings is 2. The minimum Gasteiger partial charge on any atom is -0.492 e. The first-order valence-corrected chi connectivity index (χ1v) is 8.08. The lowest BCUT2D eigenvalue weighted by Gasteiger charge is -2.12. The van der Waals surface area contributed by atoms with Crippen molar-refractivity contribution in [1.82, 2.24) is 9.97 Å². The molecule has 0 fully saturated rings. The van der Waals surface area contributed by atoms with Gasteiger partial charge < -0.3 is 20.5 Å². The molecule has 0 atom stereocenters. The summed E-state index contributed by atoms with van der Waals surface area (Å²) in [5.74, 6) is 0.541. The summed E-state index contributed by atoms with van der Waals surface area (Å²) >= 11 is 0. The van der Waals surface area contributed by atoms with Crippen LogP contribution in [0.1, 0.15) is 17.3 Å². The van der Waals surface area contributed by atoms with E-state index < -0.39 is 5.97 Å². The zero-order valence-electron chi connectivity index (χ0n) is 14.1. The molecule has 0 aliphatic carbocycles. The maximum Gasteiger partial charge on any atom is 0.337 e. The van der Waals surface area contributed by atoms with Crippen LogP contribution in [0.4, 0.5) is 23.1 Å². The fourth-order valence-electron chi connectivity index (χ4n) is 2.38. The number of hydrogen-bond acceptors (Lipinski definition) is 6. The lowest BCUT2D eigenvalue weighted by Crippen LogP contribution is -2.05. The molecule has 0 saturated carbocycles. The van der Waals surface area contributed by atoms with Crippen molar-refractivity contribution in [1.29, 1.82) is 0 Å². The average Bonchev–Trinajstić information content (AvgIpc) is 2.64. The number of ether oxygens (including phenoxy) is 1. The van der Waals surface area contributed by atoms with Gasteiger partial charge in [-0.25, -0.2) is 9.78 Å². The van der Waals surface area contributed by atoms with Crippen LogP contribution in [-0.4, -0.2) is 27.7 Å². The molecular formula is C19H18N4O3. The van der Waals surface area contributed by atoms with Gasteiger partial charge in [-0.05, 0) is 37.3 Å². The first kappa shape index (κ1) is 17.2. The number of carboxylic acids is 1. The number of hydrogen-bond donors (Lipinski definition) is 3. The van der Waals surface area contributed by atoms with E-state index in [4.69, 9.17) is 4.74 Å². The summed E-state index contributed by atoms with van der Waals surface area (Å²) in [5, 5.41) is 15.4. The van der Waals surface area contributed by atoms with Crippen LogP contribution in [0.3, 0.4) is 0 Å². The van der Waals surface area contributed by atoms with Crippen LogP contribution in [0.5, 0.6) is 5.75 Å². The third-order valence-electron chi connectivity index (χ3n) is 3.51. The number of aromatic carboxylic acids is 1. The summed E-state index contributed by atoms with van der Waals surface area (Å²) < 4.78 is 5.58. The molecule has 0 unspecified atom stereocenters. The zero-order chi connectivity index (χ0) is 18.4. The third-order valence-corrected chi connectivity index (χ3v) is 3.51. The second-order valence-corrected chi connectivity index (χ2v) is 5.30. The number of carboxylic acid groups (broad SMARTS) is 1. The minimum atomic E-state index is -1.01. The number of carbonyl (C=O) groups is 1. The van der Waals surface area contributed by atoms with Gasteiger partial charge in [0.25, 0.3) is 0 Å². The molecule has 3 N–H and O–H groups in total. The summed E-state index contributed by atoms with van der Waals surface area (Å²) in [6.45, 7) is 2.46. The van der Waals surface area contributed by atoms with Gasteiger partial charge in [0.15, 0.2) is 0 Å². The van der Waals surface area contributed by atoms with E-state index >= 15 is 0 Å². The van der Waals surface area contributed by atoms with Crippen LogP contribution < -0.4 is 15.4 Å². The van der Waals surface area contributed by atoms with Gasteiger partial charge in [-0.2, -0.15) is 4.98 Å². The van der Waals surface area contributed by atoms with E-state index in [2.05, 4.69) is 20.6 Å². The zero-order valence-corrected chi connectivity index (χ0v) is 14.1. The number of nitrogens with zero attached hydrogens (tertiary/aromatic N) is 2.